The van der Waals surface area contributed by atoms with Crippen LogP contribution in [0, 0.1) is 0 Å². The van der Waals surface area contributed by atoms with Crippen molar-refractivity contribution < 1.29 is 19.0 Å². The standard InChI is InChI=1S/C37H38N2O4/c1-37(2,3)27-12-16-29(17-13-27)43-24-34(40)39-21-20-31-32-22-30(41-4)18-19-33(32)38-35(31)36(39)26-10-14-28(15-11-26)42-23-25-8-6-5-7-9-25/h5-19,22,36,38H,20-21,23-24H2,1-4H3. The van der Waals surface area contributed by atoms with Gasteiger partial charge >= 0.3 is 0 Å². The topological polar surface area (TPSA) is 63.8 Å². The predicted octanol–water partition coefficient (Wildman–Crippen LogP) is 7.61. The van der Waals surface area contributed by atoms with Gasteiger partial charge in [0.2, 0.25) is 0 Å². The van der Waals surface area contributed by atoms with Gasteiger partial charge in [-0.05, 0) is 76.6 Å². The summed E-state index contributed by atoms with van der Waals surface area (Å²) >= 11 is 0. The maximum absolute atomic E-state index is 13.8. The van der Waals surface area contributed by atoms with E-state index < -0.39 is 0 Å². The molecular weight excluding hydrogens is 536 g/mol. The number of carbonyl (C=O) groups is 1. The van der Waals surface area contributed by atoms with E-state index in [1.807, 2.05) is 71.6 Å². The monoisotopic (exact) mass is 574 g/mol. The summed E-state index contributed by atoms with van der Waals surface area (Å²) in [5.41, 5.74) is 6.67. The number of ether oxygens (including phenoxy) is 3. The predicted molar refractivity (Wildman–Crippen MR) is 170 cm³/mol. The van der Waals surface area contributed by atoms with Crippen LogP contribution < -0.4 is 14.2 Å². The van der Waals surface area contributed by atoms with Crippen LogP contribution in [0.1, 0.15) is 54.8 Å². The molecule has 0 radical (unpaired) electrons. The quantitative estimate of drug-likeness (QED) is 0.207. The van der Waals surface area contributed by atoms with Crippen molar-refractivity contribution in [1.82, 2.24) is 9.88 Å². The Morgan fingerprint density at radius 1 is 0.860 bits per heavy atom. The number of benzene rings is 4. The van der Waals surface area contributed by atoms with Gasteiger partial charge in [-0.15, -0.1) is 0 Å². The van der Waals surface area contributed by atoms with Gasteiger partial charge in [0, 0.05) is 23.1 Å². The van der Waals surface area contributed by atoms with Gasteiger partial charge in [-0.2, -0.15) is 0 Å². The third-order valence-corrected chi connectivity index (χ3v) is 8.18. The Labute approximate surface area is 253 Å². The van der Waals surface area contributed by atoms with Crippen LogP contribution in [-0.2, 0) is 23.2 Å². The maximum Gasteiger partial charge on any atom is 0.261 e. The third-order valence-electron chi connectivity index (χ3n) is 8.18. The molecule has 0 fully saturated rings. The molecule has 220 valence electrons. The van der Waals surface area contributed by atoms with E-state index in [0.29, 0.717) is 18.9 Å². The molecule has 0 bridgehead atoms. The van der Waals surface area contributed by atoms with E-state index in [9.17, 15) is 4.79 Å². The number of aromatic amines is 1. The van der Waals surface area contributed by atoms with Crippen LogP contribution in [0.25, 0.3) is 10.9 Å². The first-order chi connectivity index (χ1) is 20.8. The third kappa shape index (κ3) is 6.09. The SMILES string of the molecule is COc1ccc2[nH]c3c(c2c1)CCN(C(=O)COc1ccc(C(C)(C)C)cc1)C3c1ccc(OCc2ccccc2)cc1. The zero-order valence-corrected chi connectivity index (χ0v) is 25.2. The summed E-state index contributed by atoms with van der Waals surface area (Å²) in [5.74, 6) is 2.23. The summed E-state index contributed by atoms with van der Waals surface area (Å²) in [6.45, 7) is 7.58. The molecule has 0 saturated carbocycles. The minimum absolute atomic E-state index is 0.0347. The van der Waals surface area contributed by atoms with Crippen LogP contribution in [0.3, 0.4) is 0 Å². The minimum atomic E-state index is -0.287. The lowest BCUT2D eigenvalue weighted by molar-refractivity contribution is -0.135. The Balaban J connectivity index is 1.27. The van der Waals surface area contributed by atoms with E-state index >= 15 is 0 Å². The molecule has 1 aromatic heterocycles. The largest absolute Gasteiger partial charge is 0.497 e. The zero-order valence-electron chi connectivity index (χ0n) is 25.2. The highest BCUT2D eigenvalue weighted by Crippen LogP contribution is 2.40. The number of nitrogens with zero attached hydrogens (tertiary/aromatic N) is 1. The fourth-order valence-corrected chi connectivity index (χ4v) is 5.78. The van der Waals surface area contributed by atoms with E-state index in [1.54, 1.807) is 7.11 Å². The van der Waals surface area contributed by atoms with Crippen molar-refractivity contribution in [1.29, 1.82) is 0 Å². The van der Waals surface area contributed by atoms with Crippen LogP contribution in [0.5, 0.6) is 17.2 Å². The number of hydrogen-bond acceptors (Lipinski definition) is 4. The van der Waals surface area contributed by atoms with E-state index in [0.717, 1.165) is 45.6 Å². The lowest BCUT2D eigenvalue weighted by Crippen LogP contribution is -2.42. The Bertz CT molecular complexity index is 1700. The van der Waals surface area contributed by atoms with Gasteiger partial charge in [0.25, 0.3) is 5.91 Å². The molecule has 0 spiro atoms. The van der Waals surface area contributed by atoms with Crippen LogP contribution >= 0.6 is 0 Å². The van der Waals surface area contributed by atoms with Crippen molar-refractivity contribution in [3.05, 3.63) is 125 Å². The van der Waals surface area contributed by atoms with E-state index in [2.05, 4.69) is 56.1 Å². The smallest absolute Gasteiger partial charge is 0.261 e. The van der Waals surface area contributed by atoms with Gasteiger partial charge in [-0.25, -0.2) is 0 Å². The summed E-state index contributed by atoms with van der Waals surface area (Å²) in [4.78, 5) is 19.3. The summed E-state index contributed by atoms with van der Waals surface area (Å²) in [7, 11) is 1.68. The fourth-order valence-electron chi connectivity index (χ4n) is 5.78. The second-order valence-electron chi connectivity index (χ2n) is 12.1. The first-order valence-corrected chi connectivity index (χ1v) is 14.8. The molecule has 1 N–H and O–H groups in total. The van der Waals surface area contributed by atoms with Crippen molar-refractivity contribution in [2.24, 2.45) is 0 Å². The number of fused-ring (bicyclic) bond motifs is 3. The Morgan fingerprint density at radius 2 is 1.53 bits per heavy atom. The molecule has 6 nitrogen and oxygen atoms in total. The molecular formula is C37H38N2O4. The number of hydrogen-bond donors (Lipinski definition) is 1. The highest BCUT2D eigenvalue weighted by atomic mass is 16.5. The lowest BCUT2D eigenvalue weighted by Gasteiger charge is -2.36. The first kappa shape index (κ1) is 28.4. The van der Waals surface area contributed by atoms with Crippen molar-refractivity contribution in [3.63, 3.8) is 0 Å². The molecule has 0 saturated heterocycles. The van der Waals surface area contributed by atoms with Crippen LogP contribution in [0.15, 0.2) is 97.1 Å². The number of H-pyrrole nitrogens is 1. The van der Waals surface area contributed by atoms with E-state index in [-0.39, 0.29) is 24.0 Å². The number of amides is 1. The van der Waals surface area contributed by atoms with Crippen molar-refractivity contribution in [2.75, 3.05) is 20.3 Å². The second kappa shape index (κ2) is 11.9. The van der Waals surface area contributed by atoms with Crippen LogP contribution in [0.2, 0.25) is 0 Å². The van der Waals surface area contributed by atoms with Gasteiger partial charge < -0.3 is 24.1 Å². The molecule has 1 aliphatic heterocycles. The average Bonchev–Trinajstić information content (AvgIpc) is 3.40. The molecule has 2 heterocycles. The molecule has 6 heteroatoms. The summed E-state index contributed by atoms with van der Waals surface area (Å²) in [6, 6.07) is 32.0. The molecule has 1 unspecified atom stereocenters. The van der Waals surface area contributed by atoms with E-state index in [1.165, 1.54) is 11.1 Å². The Morgan fingerprint density at radius 3 is 2.23 bits per heavy atom. The molecule has 1 atom stereocenters. The van der Waals surface area contributed by atoms with Crippen LogP contribution in [0.4, 0.5) is 0 Å². The summed E-state index contributed by atoms with van der Waals surface area (Å²) < 4.78 is 17.6. The zero-order chi connectivity index (χ0) is 30.0. The molecule has 43 heavy (non-hydrogen) atoms. The van der Waals surface area contributed by atoms with Gasteiger partial charge in [-0.1, -0.05) is 75.4 Å². The molecule has 1 aliphatic rings. The van der Waals surface area contributed by atoms with Gasteiger partial charge in [-0.3, -0.25) is 4.79 Å². The fraction of sp³-hybridized carbons (Fsp3) is 0.270. The number of rotatable bonds is 8. The second-order valence-corrected chi connectivity index (χ2v) is 12.1. The molecule has 5 aromatic rings. The summed E-state index contributed by atoms with van der Waals surface area (Å²) in [6.07, 6.45) is 0.739. The Hall–Kier alpha value is -4.71. The van der Waals surface area contributed by atoms with Crippen molar-refractivity contribution in [2.45, 2.75) is 45.3 Å². The van der Waals surface area contributed by atoms with Gasteiger partial charge in [0.15, 0.2) is 6.61 Å². The van der Waals surface area contributed by atoms with Crippen molar-refractivity contribution in [3.8, 4) is 17.2 Å². The Kier molecular flexibility index (Phi) is 7.85. The summed E-state index contributed by atoms with van der Waals surface area (Å²) in [5, 5.41) is 1.13. The highest BCUT2D eigenvalue weighted by molar-refractivity contribution is 5.88. The average molecular weight is 575 g/mol. The number of carbonyl (C=O) groups excluding carboxylic acids is 1. The molecule has 6 rings (SSSR count). The molecule has 4 aromatic carbocycles. The first-order valence-electron chi connectivity index (χ1n) is 14.8. The number of aromatic nitrogens is 1. The molecule has 1 amide bonds. The number of nitrogens with one attached hydrogen (secondary N) is 1. The van der Waals surface area contributed by atoms with Gasteiger partial charge in [0.1, 0.15) is 23.9 Å². The van der Waals surface area contributed by atoms with Gasteiger partial charge in [0.05, 0.1) is 13.2 Å². The number of methoxy groups -OCH3 is 1. The highest BCUT2D eigenvalue weighted by Gasteiger charge is 2.35. The van der Waals surface area contributed by atoms with E-state index in [4.69, 9.17) is 14.2 Å². The lowest BCUT2D eigenvalue weighted by atomic mass is 9.87. The van der Waals surface area contributed by atoms with Crippen LogP contribution in [-0.4, -0.2) is 36.1 Å². The normalized spacial score (nSPS) is 14.8. The van der Waals surface area contributed by atoms with Crippen molar-refractivity contribution >= 4 is 16.8 Å². The minimum Gasteiger partial charge on any atom is -0.497 e. The maximum atomic E-state index is 13.8. The molecule has 0 aliphatic carbocycles.